The van der Waals surface area contributed by atoms with E-state index >= 15 is 0 Å². The van der Waals surface area contributed by atoms with Crippen LogP contribution in [0.15, 0.2) is 48.5 Å². The van der Waals surface area contributed by atoms with Gasteiger partial charge < -0.3 is 0 Å². The SMILES string of the molecule is CC(=O)NNc1ccccc1-c1ccccc1P. The van der Waals surface area contributed by atoms with E-state index in [4.69, 9.17) is 0 Å². The van der Waals surface area contributed by atoms with Crippen molar-refractivity contribution in [2.45, 2.75) is 6.92 Å². The lowest BCUT2D eigenvalue weighted by molar-refractivity contribution is -0.118. The van der Waals surface area contributed by atoms with E-state index in [1.165, 1.54) is 6.92 Å². The van der Waals surface area contributed by atoms with Crippen molar-refractivity contribution >= 4 is 26.1 Å². The van der Waals surface area contributed by atoms with Crippen LogP contribution >= 0.6 is 9.24 Å². The molecular weight excluding hydrogens is 243 g/mol. The van der Waals surface area contributed by atoms with Crippen LogP contribution in [0.4, 0.5) is 5.69 Å². The lowest BCUT2D eigenvalue weighted by Crippen LogP contribution is -2.26. The predicted octanol–water partition coefficient (Wildman–Crippen LogP) is 2.32. The van der Waals surface area contributed by atoms with Crippen LogP contribution in [-0.2, 0) is 4.79 Å². The Labute approximate surface area is 109 Å². The molecule has 0 spiro atoms. The summed E-state index contributed by atoms with van der Waals surface area (Å²) in [6, 6.07) is 15.9. The monoisotopic (exact) mass is 258 g/mol. The lowest BCUT2D eigenvalue weighted by Gasteiger charge is -2.13. The zero-order valence-electron chi connectivity index (χ0n) is 10.1. The van der Waals surface area contributed by atoms with E-state index in [2.05, 4.69) is 26.2 Å². The van der Waals surface area contributed by atoms with Crippen molar-refractivity contribution in [1.29, 1.82) is 0 Å². The van der Waals surface area contributed by atoms with Crippen LogP contribution in [-0.4, -0.2) is 5.91 Å². The summed E-state index contributed by atoms with van der Waals surface area (Å²) in [4.78, 5) is 11.0. The Morgan fingerprint density at radius 3 is 2.28 bits per heavy atom. The first kappa shape index (κ1) is 12.6. The summed E-state index contributed by atoms with van der Waals surface area (Å²) in [5.41, 5.74) is 8.58. The average Bonchev–Trinajstić information content (AvgIpc) is 2.37. The fourth-order valence-corrected chi connectivity index (χ4v) is 2.09. The Morgan fingerprint density at radius 1 is 1.00 bits per heavy atom. The zero-order chi connectivity index (χ0) is 13.0. The minimum atomic E-state index is -0.121. The maximum Gasteiger partial charge on any atom is 0.235 e. The lowest BCUT2D eigenvalue weighted by atomic mass is 10.0. The molecule has 3 nitrogen and oxygen atoms in total. The summed E-state index contributed by atoms with van der Waals surface area (Å²) >= 11 is 0. The molecule has 0 saturated carbocycles. The summed E-state index contributed by atoms with van der Waals surface area (Å²) in [6.45, 7) is 1.47. The second-order valence-electron chi connectivity index (χ2n) is 3.94. The van der Waals surface area contributed by atoms with E-state index in [0.717, 1.165) is 22.1 Å². The number of amides is 1. The highest BCUT2D eigenvalue weighted by Crippen LogP contribution is 2.26. The first-order chi connectivity index (χ1) is 8.68. The number of carbonyl (C=O) groups excluding carboxylic acids is 1. The van der Waals surface area contributed by atoms with Crippen molar-refractivity contribution in [3.8, 4) is 11.1 Å². The number of nitrogens with one attached hydrogen (secondary N) is 2. The summed E-state index contributed by atoms with van der Waals surface area (Å²) in [5, 5.41) is 1.12. The largest absolute Gasteiger partial charge is 0.298 e. The number of carbonyl (C=O) groups is 1. The van der Waals surface area contributed by atoms with Crippen molar-refractivity contribution in [1.82, 2.24) is 5.43 Å². The third-order valence-electron chi connectivity index (χ3n) is 2.55. The van der Waals surface area contributed by atoms with Crippen molar-refractivity contribution in [2.24, 2.45) is 0 Å². The van der Waals surface area contributed by atoms with Gasteiger partial charge in [0.05, 0.1) is 5.69 Å². The van der Waals surface area contributed by atoms with Gasteiger partial charge in [-0.3, -0.25) is 15.6 Å². The molecule has 1 atom stereocenters. The van der Waals surface area contributed by atoms with Crippen molar-refractivity contribution < 1.29 is 4.79 Å². The van der Waals surface area contributed by atoms with Crippen LogP contribution in [0.3, 0.4) is 0 Å². The van der Waals surface area contributed by atoms with E-state index in [1.54, 1.807) is 0 Å². The van der Waals surface area contributed by atoms with Gasteiger partial charge in [0.15, 0.2) is 0 Å². The van der Waals surface area contributed by atoms with E-state index in [0.29, 0.717) is 0 Å². The molecule has 0 saturated heterocycles. The molecule has 0 aliphatic carbocycles. The van der Waals surface area contributed by atoms with Crippen LogP contribution in [0.25, 0.3) is 11.1 Å². The van der Waals surface area contributed by atoms with Crippen LogP contribution in [0.2, 0.25) is 0 Å². The summed E-state index contributed by atoms with van der Waals surface area (Å²) < 4.78 is 0. The van der Waals surface area contributed by atoms with Gasteiger partial charge in [-0.2, -0.15) is 0 Å². The van der Waals surface area contributed by atoms with Crippen LogP contribution in [0.1, 0.15) is 6.92 Å². The molecule has 2 rings (SSSR count). The molecule has 0 aromatic heterocycles. The molecule has 0 bridgehead atoms. The van der Waals surface area contributed by atoms with Gasteiger partial charge in [0.2, 0.25) is 5.91 Å². The molecule has 1 unspecified atom stereocenters. The molecule has 0 heterocycles. The van der Waals surface area contributed by atoms with Gasteiger partial charge in [-0.25, -0.2) is 0 Å². The molecule has 0 fully saturated rings. The topological polar surface area (TPSA) is 41.1 Å². The third-order valence-corrected chi connectivity index (χ3v) is 3.05. The smallest absolute Gasteiger partial charge is 0.235 e. The van der Waals surface area contributed by atoms with E-state index in [9.17, 15) is 4.79 Å². The Balaban J connectivity index is 2.39. The molecule has 1 amide bonds. The number of hydrazine groups is 1. The van der Waals surface area contributed by atoms with Crippen LogP contribution in [0.5, 0.6) is 0 Å². The van der Waals surface area contributed by atoms with Crippen LogP contribution in [0, 0.1) is 0 Å². The standard InChI is InChI=1S/C14H15N2OP/c1-10(17)15-16-13-8-4-2-6-11(13)12-7-3-5-9-14(12)18/h2-9,16H,18H2,1H3,(H,15,17). The van der Waals surface area contributed by atoms with Crippen molar-refractivity contribution in [3.05, 3.63) is 48.5 Å². The number of hydrogen-bond donors (Lipinski definition) is 2. The van der Waals surface area contributed by atoms with Crippen molar-refractivity contribution in [2.75, 3.05) is 5.43 Å². The minimum Gasteiger partial charge on any atom is -0.298 e. The zero-order valence-corrected chi connectivity index (χ0v) is 11.3. The molecule has 92 valence electrons. The Bertz CT molecular complexity index is 569. The van der Waals surface area contributed by atoms with Gasteiger partial charge in [-0.1, -0.05) is 42.5 Å². The van der Waals surface area contributed by atoms with E-state index in [1.807, 2.05) is 42.5 Å². The molecule has 18 heavy (non-hydrogen) atoms. The highest BCUT2D eigenvalue weighted by Gasteiger charge is 2.06. The Hall–Kier alpha value is -1.86. The van der Waals surface area contributed by atoms with Gasteiger partial charge in [0, 0.05) is 12.5 Å². The van der Waals surface area contributed by atoms with Crippen molar-refractivity contribution in [3.63, 3.8) is 0 Å². The van der Waals surface area contributed by atoms with Gasteiger partial charge in [-0.15, -0.1) is 9.24 Å². The number of hydrogen-bond acceptors (Lipinski definition) is 2. The van der Waals surface area contributed by atoms with Crippen LogP contribution < -0.4 is 16.2 Å². The number of para-hydroxylation sites is 1. The summed E-state index contributed by atoms with van der Waals surface area (Å²) in [6.07, 6.45) is 0. The summed E-state index contributed by atoms with van der Waals surface area (Å²) in [5.74, 6) is -0.121. The quantitative estimate of drug-likeness (QED) is 0.655. The highest BCUT2D eigenvalue weighted by molar-refractivity contribution is 7.28. The second-order valence-corrected chi connectivity index (χ2v) is 4.56. The first-order valence-electron chi connectivity index (χ1n) is 5.65. The first-order valence-corrected chi connectivity index (χ1v) is 6.22. The molecule has 4 heteroatoms. The van der Waals surface area contributed by atoms with Gasteiger partial charge in [-0.05, 0) is 16.9 Å². The van der Waals surface area contributed by atoms with Gasteiger partial charge >= 0.3 is 0 Å². The van der Waals surface area contributed by atoms with E-state index in [-0.39, 0.29) is 5.91 Å². The normalized spacial score (nSPS) is 9.89. The molecule has 2 aromatic rings. The maximum absolute atomic E-state index is 11.0. The molecule has 0 aliphatic heterocycles. The highest BCUT2D eigenvalue weighted by atomic mass is 31.0. The molecule has 0 radical (unpaired) electrons. The average molecular weight is 258 g/mol. The number of rotatable bonds is 3. The molecule has 0 aliphatic rings. The molecular formula is C14H15N2OP. The Morgan fingerprint density at radius 2 is 1.61 bits per heavy atom. The molecule has 2 aromatic carbocycles. The second kappa shape index (κ2) is 5.65. The molecule has 2 N–H and O–H groups in total. The third kappa shape index (κ3) is 2.88. The Kier molecular flexibility index (Phi) is 3.96. The van der Waals surface area contributed by atoms with E-state index < -0.39 is 0 Å². The summed E-state index contributed by atoms with van der Waals surface area (Å²) in [7, 11) is 2.72. The number of benzene rings is 2. The predicted molar refractivity (Wildman–Crippen MR) is 78.7 cm³/mol. The maximum atomic E-state index is 11.0. The fraction of sp³-hybridized carbons (Fsp3) is 0.0714. The minimum absolute atomic E-state index is 0.121. The van der Waals surface area contributed by atoms with Gasteiger partial charge in [0.25, 0.3) is 0 Å². The number of anilines is 1. The fourth-order valence-electron chi connectivity index (χ4n) is 1.72. The van der Waals surface area contributed by atoms with Gasteiger partial charge in [0.1, 0.15) is 0 Å².